The van der Waals surface area contributed by atoms with Crippen LogP contribution in [0.2, 0.25) is 0 Å². The number of aliphatic imine (C=N–C) groups is 1. The Balaban J connectivity index is 1.45. The van der Waals surface area contributed by atoms with E-state index in [0.29, 0.717) is 6.04 Å². The Hall–Kier alpha value is -1.59. The van der Waals surface area contributed by atoms with Gasteiger partial charge >= 0.3 is 0 Å². The van der Waals surface area contributed by atoms with Crippen LogP contribution < -0.4 is 5.32 Å². The van der Waals surface area contributed by atoms with Gasteiger partial charge in [-0.05, 0) is 18.4 Å². The monoisotopic (exact) mass is 316 g/mol. The molecule has 0 bridgehead atoms. The van der Waals surface area contributed by atoms with E-state index in [-0.39, 0.29) is 0 Å². The summed E-state index contributed by atoms with van der Waals surface area (Å²) in [4.78, 5) is 9.43. The summed E-state index contributed by atoms with van der Waals surface area (Å²) >= 11 is 0. The third-order valence-electron chi connectivity index (χ3n) is 4.78. The van der Waals surface area contributed by atoms with E-state index in [4.69, 9.17) is 4.74 Å². The van der Waals surface area contributed by atoms with Gasteiger partial charge in [0.25, 0.3) is 0 Å². The highest BCUT2D eigenvalue weighted by Crippen LogP contribution is 2.17. The van der Waals surface area contributed by atoms with Crippen LogP contribution in [0.4, 0.5) is 0 Å². The van der Waals surface area contributed by atoms with Crippen LogP contribution >= 0.6 is 0 Å². The first-order valence-electron chi connectivity index (χ1n) is 8.68. The lowest BCUT2D eigenvalue weighted by atomic mass is 10.1. The van der Waals surface area contributed by atoms with Crippen LogP contribution in [0.3, 0.4) is 0 Å². The van der Waals surface area contributed by atoms with Crippen LogP contribution in [0, 0.1) is 0 Å². The fourth-order valence-corrected chi connectivity index (χ4v) is 3.47. The number of hydrogen-bond acceptors (Lipinski definition) is 3. The molecule has 1 aromatic rings. The highest BCUT2D eigenvalue weighted by Gasteiger charge is 2.30. The van der Waals surface area contributed by atoms with Crippen molar-refractivity contribution in [1.29, 1.82) is 0 Å². The largest absolute Gasteiger partial charge is 0.379 e. The smallest absolute Gasteiger partial charge is 0.193 e. The van der Waals surface area contributed by atoms with E-state index >= 15 is 0 Å². The van der Waals surface area contributed by atoms with E-state index in [1.165, 1.54) is 12.0 Å². The van der Waals surface area contributed by atoms with Crippen molar-refractivity contribution in [2.24, 2.45) is 4.99 Å². The van der Waals surface area contributed by atoms with Gasteiger partial charge in [-0.1, -0.05) is 30.3 Å². The first-order chi connectivity index (χ1) is 11.4. The van der Waals surface area contributed by atoms with Crippen LogP contribution in [0.1, 0.15) is 12.0 Å². The van der Waals surface area contributed by atoms with E-state index in [1.54, 1.807) is 0 Å². The predicted octanol–water partition coefficient (Wildman–Crippen LogP) is 1.21. The topological polar surface area (TPSA) is 40.1 Å². The standard InChI is InChI=1S/C18H28N4O/c1-19-18(20-9-7-16-5-3-2-4-6-16)22-10-8-17(15-22)21-11-13-23-14-12-21/h2-6,17H,7-15H2,1H3,(H,19,20). The average molecular weight is 316 g/mol. The lowest BCUT2D eigenvalue weighted by Crippen LogP contribution is -2.46. The zero-order valence-corrected chi connectivity index (χ0v) is 14.1. The second kappa shape index (κ2) is 8.31. The molecule has 0 spiro atoms. The summed E-state index contributed by atoms with van der Waals surface area (Å²) in [6.07, 6.45) is 2.25. The molecule has 2 aliphatic rings. The van der Waals surface area contributed by atoms with E-state index in [2.05, 4.69) is 50.4 Å². The Kier molecular flexibility index (Phi) is 5.88. The maximum absolute atomic E-state index is 5.46. The Morgan fingerprint density at radius 1 is 1.22 bits per heavy atom. The van der Waals surface area contributed by atoms with Gasteiger partial charge in [0.2, 0.25) is 0 Å². The lowest BCUT2D eigenvalue weighted by molar-refractivity contribution is 0.0195. The summed E-state index contributed by atoms with van der Waals surface area (Å²) in [6, 6.07) is 11.2. The van der Waals surface area contributed by atoms with Gasteiger partial charge in [0.15, 0.2) is 5.96 Å². The van der Waals surface area contributed by atoms with Crippen LogP contribution in [0.25, 0.3) is 0 Å². The third-order valence-corrected chi connectivity index (χ3v) is 4.78. The molecule has 0 aliphatic carbocycles. The summed E-state index contributed by atoms with van der Waals surface area (Å²) in [6.45, 7) is 6.98. The van der Waals surface area contributed by atoms with Crippen LogP contribution in [0.5, 0.6) is 0 Å². The Labute approximate surface area is 139 Å². The van der Waals surface area contributed by atoms with Gasteiger partial charge < -0.3 is 15.0 Å². The average Bonchev–Trinajstić information content (AvgIpc) is 3.10. The molecule has 0 amide bonds. The van der Waals surface area contributed by atoms with E-state index in [0.717, 1.165) is 58.3 Å². The predicted molar refractivity (Wildman–Crippen MR) is 93.9 cm³/mol. The van der Waals surface area contributed by atoms with E-state index in [9.17, 15) is 0 Å². The summed E-state index contributed by atoms with van der Waals surface area (Å²) in [5, 5.41) is 3.52. The van der Waals surface area contributed by atoms with Crippen LogP contribution in [-0.4, -0.2) is 74.8 Å². The molecule has 2 heterocycles. The molecule has 1 unspecified atom stereocenters. The van der Waals surface area contributed by atoms with Crippen molar-refractivity contribution in [3.8, 4) is 0 Å². The molecule has 2 saturated heterocycles. The minimum absolute atomic E-state index is 0.645. The van der Waals surface area contributed by atoms with Crippen molar-refractivity contribution < 1.29 is 4.74 Å². The normalized spacial score (nSPS) is 23.3. The van der Waals surface area contributed by atoms with Crippen molar-refractivity contribution >= 4 is 5.96 Å². The molecule has 1 N–H and O–H groups in total. The molecular weight excluding hydrogens is 288 g/mol. The molecule has 2 aliphatic heterocycles. The Morgan fingerprint density at radius 3 is 2.74 bits per heavy atom. The number of ether oxygens (including phenoxy) is 1. The number of likely N-dealkylation sites (tertiary alicyclic amines) is 1. The van der Waals surface area contributed by atoms with Gasteiger partial charge in [0.1, 0.15) is 0 Å². The highest BCUT2D eigenvalue weighted by molar-refractivity contribution is 5.80. The zero-order valence-electron chi connectivity index (χ0n) is 14.1. The third kappa shape index (κ3) is 4.45. The molecule has 0 radical (unpaired) electrons. The van der Waals surface area contributed by atoms with Crippen molar-refractivity contribution in [2.75, 3.05) is 53.0 Å². The lowest BCUT2D eigenvalue weighted by Gasteiger charge is -2.32. The van der Waals surface area contributed by atoms with Gasteiger partial charge in [-0.15, -0.1) is 0 Å². The van der Waals surface area contributed by atoms with Gasteiger partial charge in [0.05, 0.1) is 13.2 Å². The molecule has 0 aromatic heterocycles. The molecule has 1 atom stereocenters. The second-order valence-electron chi connectivity index (χ2n) is 6.25. The number of hydrogen-bond donors (Lipinski definition) is 1. The molecule has 1 aromatic carbocycles. The summed E-state index contributed by atoms with van der Waals surface area (Å²) < 4.78 is 5.46. The quantitative estimate of drug-likeness (QED) is 0.670. The van der Waals surface area contributed by atoms with Crippen molar-refractivity contribution in [1.82, 2.24) is 15.1 Å². The summed E-state index contributed by atoms with van der Waals surface area (Å²) in [7, 11) is 1.88. The minimum atomic E-state index is 0.645. The molecular formula is C18H28N4O. The Morgan fingerprint density at radius 2 is 2.00 bits per heavy atom. The van der Waals surface area contributed by atoms with Crippen LogP contribution in [-0.2, 0) is 11.2 Å². The highest BCUT2D eigenvalue weighted by atomic mass is 16.5. The minimum Gasteiger partial charge on any atom is -0.379 e. The van der Waals surface area contributed by atoms with Gasteiger partial charge in [-0.25, -0.2) is 0 Å². The number of guanidine groups is 1. The Bertz CT molecular complexity index is 499. The van der Waals surface area contributed by atoms with Gasteiger partial charge in [0, 0.05) is 45.8 Å². The summed E-state index contributed by atoms with van der Waals surface area (Å²) in [5.41, 5.74) is 1.36. The SMILES string of the molecule is CN=C(NCCc1ccccc1)N1CCC(N2CCOCC2)C1. The fraction of sp³-hybridized carbons (Fsp3) is 0.611. The first-order valence-corrected chi connectivity index (χ1v) is 8.68. The van der Waals surface area contributed by atoms with Gasteiger partial charge in [-0.3, -0.25) is 9.89 Å². The number of morpholine rings is 1. The van der Waals surface area contributed by atoms with E-state index < -0.39 is 0 Å². The molecule has 5 heteroatoms. The van der Waals surface area contributed by atoms with Crippen molar-refractivity contribution in [3.63, 3.8) is 0 Å². The number of benzene rings is 1. The molecule has 23 heavy (non-hydrogen) atoms. The molecule has 5 nitrogen and oxygen atoms in total. The summed E-state index contributed by atoms with van der Waals surface area (Å²) in [5.74, 6) is 1.04. The molecule has 3 rings (SSSR count). The second-order valence-corrected chi connectivity index (χ2v) is 6.25. The van der Waals surface area contributed by atoms with Gasteiger partial charge in [-0.2, -0.15) is 0 Å². The number of nitrogens with zero attached hydrogens (tertiary/aromatic N) is 3. The number of nitrogens with one attached hydrogen (secondary N) is 1. The van der Waals surface area contributed by atoms with Crippen LogP contribution in [0.15, 0.2) is 35.3 Å². The zero-order chi connectivity index (χ0) is 15.9. The maximum Gasteiger partial charge on any atom is 0.193 e. The molecule has 2 fully saturated rings. The van der Waals surface area contributed by atoms with Crippen molar-refractivity contribution in [2.45, 2.75) is 18.9 Å². The molecule has 126 valence electrons. The first kappa shape index (κ1) is 16.3. The maximum atomic E-state index is 5.46. The fourth-order valence-electron chi connectivity index (χ4n) is 3.47. The number of rotatable bonds is 4. The van der Waals surface area contributed by atoms with E-state index in [1.807, 2.05) is 7.05 Å². The molecule has 0 saturated carbocycles. The van der Waals surface area contributed by atoms with Crippen molar-refractivity contribution in [3.05, 3.63) is 35.9 Å².